The van der Waals surface area contributed by atoms with Crippen LogP contribution in [0.15, 0.2) is 24.3 Å². The maximum Gasteiger partial charge on any atom is 0.111 e. The molecule has 17 heavy (non-hydrogen) atoms. The van der Waals surface area contributed by atoms with Crippen molar-refractivity contribution in [2.24, 2.45) is 0 Å². The number of hydrogen-bond acceptors (Lipinski definition) is 2. The second-order valence-corrected chi connectivity index (χ2v) is 4.18. The Morgan fingerprint density at radius 2 is 2.00 bits per heavy atom. The van der Waals surface area contributed by atoms with Gasteiger partial charge in [-0.05, 0) is 31.5 Å². The Kier molecular flexibility index (Phi) is 5.25. The Morgan fingerprint density at radius 1 is 1.18 bits per heavy atom. The molecule has 3 rings (SSSR count). The summed E-state index contributed by atoms with van der Waals surface area (Å²) in [6, 6.07) is 8.23. The topological polar surface area (TPSA) is 40.7 Å². The summed E-state index contributed by atoms with van der Waals surface area (Å²) in [5.74, 6) is 1.70. The Labute approximate surface area is 113 Å². The fourth-order valence-corrected chi connectivity index (χ4v) is 2.25. The van der Waals surface area contributed by atoms with Gasteiger partial charge in [-0.25, -0.2) is 4.98 Å². The third kappa shape index (κ3) is 2.92. The molecule has 1 fully saturated rings. The van der Waals surface area contributed by atoms with Crippen LogP contribution >= 0.6 is 24.8 Å². The van der Waals surface area contributed by atoms with E-state index in [-0.39, 0.29) is 24.8 Å². The van der Waals surface area contributed by atoms with Crippen molar-refractivity contribution in [1.29, 1.82) is 0 Å². The molecule has 0 bridgehead atoms. The molecule has 2 aromatic rings. The maximum atomic E-state index is 4.64. The number of halogens is 2. The molecule has 1 aliphatic rings. The van der Waals surface area contributed by atoms with E-state index >= 15 is 0 Å². The van der Waals surface area contributed by atoms with Gasteiger partial charge < -0.3 is 10.3 Å². The number of hydrogen-bond donors (Lipinski definition) is 2. The van der Waals surface area contributed by atoms with Crippen molar-refractivity contribution in [2.75, 3.05) is 13.1 Å². The number of nitrogens with one attached hydrogen (secondary N) is 2. The molecule has 1 saturated heterocycles. The average molecular weight is 274 g/mol. The van der Waals surface area contributed by atoms with Crippen LogP contribution in [0.2, 0.25) is 0 Å². The van der Waals surface area contributed by atoms with E-state index in [9.17, 15) is 0 Å². The van der Waals surface area contributed by atoms with Crippen LogP contribution in [-0.4, -0.2) is 23.1 Å². The molecule has 1 aliphatic heterocycles. The Morgan fingerprint density at radius 3 is 2.71 bits per heavy atom. The predicted octanol–water partition coefficient (Wildman–Crippen LogP) is 2.87. The highest BCUT2D eigenvalue weighted by molar-refractivity contribution is 5.85. The van der Waals surface area contributed by atoms with E-state index in [1.54, 1.807) is 0 Å². The first-order valence-electron chi connectivity index (χ1n) is 5.59. The van der Waals surface area contributed by atoms with Crippen LogP contribution in [0.4, 0.5) is 0 Å². The lowest BCUT2D eigenvalue weighted by molar-refractivity contribution is 0.449. The van der Waals surface area contributed by atoms with Crippen LogP contribution in [-0.2, 0) is 0 Å². The van der Waals surface area contributed by atoms with Gasteiger partial charge in [-0.15, -0.1) is 24.8 Å². The molecule has 1 aromatic heterocycles. The first-order chi connectivity index (χ1) is 7.43. The molecular formula is C12H17Cl2N3. The highest BCUT2D eigenvalue weighted by atomic mass is 35.5. The second-order valence-electron chi connectivity index (χ2n) is 4.18. The average Bonchev–Trinajstić information content (AvgIpc) is 2.74. The summed E-state index contributed by atoms with van der Waals surface area (Å²) < 4.78 is 0. The van der Waals surface area contributed by atoms with Gasteiger partial charge in [0.2, 0.25) is 0 Å². The summed E-state index contributed by atoms with van der Waals surface area (Å²) >= 11 is 0. The molecule has 3 nitrogen and oxygen atoms in total. The number of benzene rings is 1. The summed E-state index contributed by atoms with van der Waals surface area (Å²) in [5.41, 5.74) is 2.23. The molecule has 2 heterocycles. The summed E-state index contributed by atoms with van der Waals surface area (Å²) in [7, 11) is 0. The van der Waals surface area contributed by atoms with Crippen molar-refractivity contribution in [3.05, 3.63) is 30.1 Å². The molecule has 0 radical (unpaired) electrons. The Hall–Kier alpha value is -0.770. The lowest BCUT2D eigenvalue weighted by Crippen LogP contribution is -2.28. The molecule has 5 heteroatoms. The number of aromatic nitrogens is 2. The zero-order valence-electron chi connectivity index (χ0n) is 9.48. The minimum Gasteiger partial charge on any atom is -0.342 e. The first-order valence-corrected chi connectivity index (χ1v) is 5.59. The number of H-pyrrole nitrogens is 1. The van der Waals surface area contributed by atoms with Crippen molar-refractivity contribution in [2.45, 2.75) is 18.8 Å². The fraction of sp³-hybridized carbons (Fsp3) is 0.417. The van der Waals surface area contributed by atoms with Crippen LogP contribution in [0.1, 0.15) is 24.6 Å². The lowest BCUT2D eigenvalue weighted by Gasteiger charge is -2.20. The van der Waals surface area contributed by atoms with Gasteiger partial charge in [0.1, 0.15) is 5.82 Å². The Bertz CT molecular complexity index is 430. The van der Waals surface area contributed by atoms with E-state index in [2.05, 4.69) is 27.4 Å². The SMILES string of the molecule is Cl.Cl.c1ccc2[nH]c([C@H]3CCCNC3)nc2c1. The van der Waals surface area contributed by atoms with Crippen LogP contribution < -0.4 is 5.32 Å². The van der Waals surface area contributed by atoms with E-state index in [4.69, 9.17) is 0 Å². The lowest BCUT2D eigenvalue weighted by atomic mass is 9.99. The monoisotopic (exact) mass is 273 g/mol. The number of imidazole rings is 1. The molecular weight excluding hydrogens is 257 g/mol. The molecule has 0 unspecified atom stereocenters. The number of fused-ring (bicyclic) bond motifs is 1. The van der Waals surface area contributed by atoms with Gasteiger partial charge in [-0.1, -0.05) is 12.1 Å². The minimum absolute atomic E-state index is 0. The van der Waals surface area contributed by atoms with Gasteiger partial charge in [0.05, 0.1) is 11.0 Å². The molecule has 1 aromatic carbocycles. The van der Waals surface area contributed by atoms with Gasteiger partial charge in [0.25, 0.3) is 0 Å². The third-order valence-corrected chi connectivity index (χ3v) is 3.09. The van der Waals surface area contributed by atoms with Crippen molar-refractivity contribution >= 4 is 35.8 Å². The van der Waals surface area contributed by atoms with Crippen LogP contribution in [0, 0.1) is 0 Å². The number of rotatable bonds is 1. The van der Waals surface area contributed by atoms with Gasteiger partial charge in [0.15, 0.2) is 0 Å². The van der Waals surface area contributed by atoms with Gasteiger partial charge in [0, 0.05) is 12.5 Å². The highest BCUT2D eigenvalue weighted by Crippen LogP contribution is 2.22. The Balaban J connectivity index is 0.000000722. The number of piperidine rings is 1. The van der Waals surface area contributed by atoms with Crippen molar-refractivity contribution < 1.29 is 0 Å². The summed E-state index contributed by atoms with van der Waals surface area (Å²) in [5, 5.41) is 3.42. The highest BCUT2D eigenvalue weighted by Gasteiger charge is 2.18. The molecule has 0 spiro atoms. The van der Waals surface area contributed by atoms with Gasteiger partial charge >= 0.3 is 0 Å². The third-order valence-electron chi connectivity index (χ3n) is 3.09. The first kappa shape index (κ1) is 14.3. The normalized spacial score (nSPS) is 19.4. The summed E-state index contributed by atoms with van der Waals surface area (Å²) in [6.45, 7) is 2.20. The quantitative estimate of drug-likeness (QED) is 0.839. The van der Waals surface area contributed by atoms with E-state index in [1.807, 2.05) is 12.1 Å². The number of aromatic amines is 1. The van der Waals surface area contributed by atoms with E-state index < -0.39 is 0 Å². The van der Waals surface area contributed by atoms with Gasteiger partial charge in [-0.2, -0.15) is 0 Å². The predicted molar refractivity (Wildman–Crippen MR) is 75.4 cm³/mol. The maximum absolute atomic E-state index is 4.64. The van der Waals surface area contributed by atoms with E-state index in [0.29, 0.717) is 5.92 Å². The van der Waals surface area contributed by atoms with E-state index in [0.717, 1.165) is 29.9 Å². The van der Waals surface area contributed by atoms with Crippen LogP contribution in [0.25, 0.3) is 11.0 Å². The molecule has 0 amide bonds. The second kappa shape index (κ2) is 6.24. The molecule has 0 saturated carbocycles. The smallest absolute Gasteiger partial charge is 0.111 e. The minimum atomic E-state index is 0. The van der Waals surface area contributed by atoms with Crippen molar-refractivity contribution in [3.8, 4) is 0 Å². The van der Waals surface area contributed by atoms with Gasteiger partial charge in [-0.3, -0.25) is 0 Å². The molecule has 94 valence electrons. The standard InChI is InChI=1S/C12H15N3.2ClH/c1-2-6-11-10(5-1)14-12(15-11)9-4-3-7-13-8-9;;/h1-2,5-6,9,13H,3-4,7-8H2,(H,14,15);2*1H/t9-;;/m0../s1. The fourth-order valence-electron chi connectivity index (χ4n) is 2.25. The molecule has 2 N–H and O–H groups in total. The van der Waals surface area contributed by atoms with E-state index in [1.165, 1.54) is 12.8 Å². The summed E-state index contributed by atoms with van der Waals surface area (Å²) in [4.78, 5) is 8.06. The summed E-state index contributed by atoms with van der Waals surface area (Å²) in [6.07, 6.45) is 2.49. The van der Waals surface area contributed by atoms with Crippen LogP contribution in [0.3, 0.4) is 0 Å². The van der Waals surface area contributed by atoms with Crippen molar-refractivity contribution in [1.82, 2.24) is 15.3 Å². The largest absolute Gasteiger partial charge is 0.342 e. The molecule has 0 aliphatic carbocycles. The van der Waals surface area contributed by atoms with Crippen molar-refractivity contribution in [3.63, 3.8) is 0 Å². The number of para-hydroxylation sites is 2. The zero-order chi connectivity index (χ0) is 10.1. The number of nitrogens with zero attached hydrogens (tertiary/aromatic N) is 1. The molecule has 1 atom stereocenters. The zero-order valence-corrected chi connectivity index (χ0v) is 11.1. The van der Waals surface area contributed by atoms with Crippen LogP contribution in [0.5, 0.6) is 0 Å².